The highest BCUT2D eigenvalue weighted by atomic mass is 16.8. The molecule has 4 atom stereocenters. The maximum atomic E-state index is 13.5. The minimum absolute atomic E-state index is 0.162. The summed E-state index contributed by atoms with van der Waals surface area (Å²) in [5.41, 5.74) is -1.36. The van der Waals surface area contributed by atoms with Gasteiger partial charge in [0.05, 0.1) is 22.3 Å². The van der Waals surface area contributed by atoms with E-state index in [-0.39, 0.29) is 22.3 Å². The third-order valence-corrected chi connectivity index (χ3v) is 6.86. The van der Waals surface area contributed by atoms with E-state index in [9.17, 15) is 19.2 Å². The molecule has 1 aliphatic heterocycles. The zero-order valence-electron chi connectivity index (χ0n) is 24.2. The summed E-state index contributed by atoms with van der Waals surface area (Å²) in [7, 11) is 0. The van der Waals surface area contributed by atoms with Crippen molar-refractivity contribution < 1.29 is 42.9 Å². The third-order valence-electron chi connectivity index (χ3n) is 6.86. The Hall–Kier alpha value is -5.72. The minimum atomic E-state index is -2.17. The van der Waals surface area contributed by atoms with Crippen molar-refractivity contribution in [2.75, 3.05) is 6.61 Å². The first-order chi connectivity index (χ1) is 21.9. The van der Waals surface area contributed by atoms with Gasteiger partial charge in [-0.15, -0.1) is 5.92 Å². The highest BCUT2D eigenvalue weighted by Crippen LogP contribution is 2.39. The Kier molecular flexibility index (Phi) is 9.67. The normalized spacial score (nSPS) is 20.2. The van der Waals surface area contributed by atoms with Gasteiger partial charge in [-0.1, -0.05) is 72.8 Å². The van der Waals surface area contributed by atoms with E-state index in [0.29, 0.717) is 0 Å². The van der Waals surface area contributed by atoms with Crippen molar-refractivity contribution in [3.05, 3.63) is 144 Å². The van der Waals surface area contributed by atoms with Gasteiger partial charge in [0.25, 0.3) is 11.9 Å². The van der Waals surface area contributed by atoms with Crippen molar-refractivity contribution in [3.8, 4) is 11.8 Å². The van der Waals surface area contributed by atoms with Crippen LogP contribution in [0.3, 0.4) is 0 Å². The molecule has 0 amide bonds. The maximum Gasteiger partial charge on any atom is 0.340 e. The van der Waals surface area contributed by atoms with Crippen LogP contribution in [0.2, 0.25) is 0 Å². The second-order valence-electron chi connectivity index (χ2n) is 9.86. The van der Waals surface area contributed by atoms with Crippen molar-refractivity contribution in [3.63, 3.8) is 0 Å². The highest BCUT2D eigenvalue weighted by Gasteiger charge is 2.64. The zero-order chi connectivity index (χ0) is 31.6. The van der Waals surface area contributed by atoms with E-state index in [1.807, 2.05) is 0 Å². The Labute approximate surface area is 259 Å². The summed E-state index contributed by atoms with van der Waals surface area (Å²) in [5.74, 6) is 2.39. The predicted octanol–water partition coefficient (Wildman–Crippen LogP) is 5.27. The molecule has 9 nitrogen and oxygen atoms in total. The van der Waals surface area contributed by atoms with Crippen LogP contribution in [0, 0.1) is 11.8 Å². The van der Waals surface area contributed by atoms with Gasteiger partial charge in [-0.25, -0.2) is 19.2 Å². The number of esters is 4. The molecular weight excluding hydrogens is 576 g/mol. The average Bonchev–Trinajstić information content (AvgIpc) is 3.35. The van der Waals surface area contributed by atoms with Gasteiger partial charge in [-0.05, 0) is 61.4 Å². The smallest absolute Gasteiger partial charge is 0.340 e. The summed E-state index contributed by atoms with van der Waals surface area (Å²) in [6.07, 6.45) is -4.48. The number of ether oxygens (including phenoxy) is 5. The average molecular weight is 605 g/mol. The van der Waals surface area contributed by atoms with Crippen molar-refractivity contribution in [2.45, 2.75) is 31.0 Å². The van der Waals surface area contributed by atoms with Gasteiger partial charge in [-0.3, -0.25) is 0 Å². The van der Waals surface area contributed by atoms with Crippen LogP contribution in [0.5, 0.6) is 0 Å². The van der Waals surface area contributed by atoms with Crippen molar-refractivity contribution in [2.24, 2.45) is 0 Å². The number of hydrogen-bond donors (Lipinski definition) is 0. The molecule has 0 unspecified atom stereocenters. The molecule has 4 aromatic carbocycles. The quantitative estimate of drug-likeness (QED) is 0.143. The van der Waals surface area contributed by atoms with Gasteiger partial charge in [0.1, 0.15) is 12.7 Å². The Bertz CT molecular complexity index is 1700. The van der Waals surface area contributed by atoms with Crippen molar-refractivity contribution in [1.29, 1.82) is 0 Å². The Morgan fingerprint density at radius 3 is 1.51 bits per heavy atom. The number of carbonyl (C=O) groups is 4. The number of rotatable bonds is 9. The minimum Gasteiger partial charge on any atom is -0.459 e. The first-order valence-corrected chi connectivity index (χ1v) is 14.0. The fourth-order valence-corrected chi connectivity index (χ4v) is 4.70. The van der Waals surface area contributed by atoms with Crippen LogP contribution in [-0.4, -0.2) is 54.6 Å². The second-order valence-corrected chi connectivity index (χ2v) is 9.86. The fourth-order valence-electron chi connectivity index (χ4n) is 4.70. The molecule has 0 aromatic heterocycles. The highest BCUT2D eigenvalue weighted by molar-refractivity contribution is 5.92. The van der Waals surface area contributed by atoms with E-state index >= 15 is 0 Å². The number of hydrogen-bond acceptors (Lipinski definition) is 9. The SMILES string of the molecule is CC#C[C@]1(OC(=O)c2ccccc2)[C@@H](OC(=O)c2ccccc2)O[C@H](COC(=O)c2ccccc2)[C@H]1OC(=O)c1ccccc1. The van der Waals surface area contributed by atoms with Crippen LogP contribution in [-0.2, 0) is 23.7 Å². The Morgan fingerprint density at radius 1 is 0.622 bits per heavy atom. The molecule has 45 heavy (non-hydrogen) atoms. The maximum absolute atomic E-state index is 13.5. The summed E-state index contributed by atoms with van der Waals surface area (Å²) < 4.78 is 29.4. The van der Waals surface area contributed by atoms with Crippen LogP contribution in [0.1, 0.15) is 48.4 Å². The molecule has 1 heterocycles. The standard InChI is InChI=1S/C36H28O9/c1-2-23-36(45-34(40)28-21-13-6-14-22-28)30(43-32(38)26-17-9-4-10-18-26)29(24-41-31(37)25-15-7-3-8-16-25)42-35(36)44-33(39)27-19-11-5-12-20-27/h3-22,29-30,35H,24H2,1H3/t29-,30-,35-,36-/m1/s1. The molecule has 0 bridgehead atoms. The first-order valence-electron chi connectivity index (χ1n) is 14.0. The van der Waals surface area contributed by atoms with Gasteiger partial charge < -0.3 is 23.7 Å². The van der Waals surface area contributed by atoms with Gasteiger partial charge in [0, 0.05) is 0 Å². The van der Waals surface area contributed by atoms with Crippen molar-refractivity contribution >= 4 is 23.9 Å². The number of carbonyl (C=O) groups excluding carboxylic acids is 4. The van der Waals surface area contributed by atoms with Crippen LogP contribution in [0.25, 0.3) is 0 Å². The van der Waals surface area contributed by atoms with Gasteiger partial charge in [0.15, 0.2) is 6.10 Å². The monoisotopic (exact) mass is 604 g/mol. The van der Waals surface area contributed by atoms with E-state index in [1.54, 1.807) is 97.1 Å². The lowest BCUT2D eigenvalue weighted by Crippen LogP contribution is -2.54. The largest absolute Gasteiger partial charge is 0.459 e. The fraction of sp³-hybridized carbons (Fsp3) is 0.167. The first kappa shape index (κ1) is 30.7. The third kappa shape index (κ3) is 7.09. The van der Waals surface area contributed by atoms with E-state index in [4.69, 9.17) is 23.7 Å². The lowest BCUT2D eigenvalue weighted by molar-refractivity contribution is -0.161. The Morgan fingerprint density at radius 2 is 1.04 bits per heavy atom. The molecule has 5 rings (SSSR count). The molecule has 1 aliphatic rings. The van der Waals surface area contributed by atoms with Gasteiger partial charge in [0.2, 0.25) is 0 Å². The van der Waals surface area contributed by atoms with Crippen LogP contribution < -0.4 is 0 Å². The second kappa shape index (κ2) is 14.2. The lowest BCUT2D eigenvalue weighted by atomic mass is 9.94. The van der Waals surface area contributed by atoms with Crippen LogP contribution >= 0.6 is 0 Å². The lowest BCUT2D eigenvalue weighted by Gasteiger charge is -2.32. The summed E-state index contributed by atoms with van der Waals surface area (Å²) in [6, 6.07) is 32.5. The molecule has 0 N–H and O–H groups in total. The molecule has 4 aromatic rings. The molecule has 1 saturated heterocycles. The molecule has 0 saturated carbocycles. The van der Waals surface area contributed by atoms with E-state index < -0.39 is 54.6 Å². The van der Waals surface area contributed by atoms with E-state index in [2.05, 4.69) is 11.8 Å². The van der Waals surface area contributed by atoms with E-state index in [1.165, 1.54) is 31.2 Å². The summed E-state index contributed by atoms with van der Waals surface area (Å²) >= 11 is 0. The number of benzene rings is 4. The molecule has 0 radical (unpaired) electrons. The molecule has 1 fully saturated rings. The van der Waals surface area contributed by atoms with Crippen molar-refractivity contribution in [1.82, 2.24) is 0 Å². The molecule has 0 aliphatic carbocycles. The molecule has 226 valence electrons. The summed E-state index contributed by atoms with van der Waals surface area (Å²) in [6.45, 7) is 1.02. The Balaban J connectivity index is 1.55. The van der Waals surface area contributed by atoms with Crippen LogP contribution in [0.4, 0.5) is 0 Å². The van der Waals surface area contributed by atoms with Gasteiger partial charge in [-0.2, -0.15) is 0 Å². The zero-order valence-corrected chi connectivity index (χ0v) is 24.2. The molecule has 0 spiro atoms. The predicted molar refractivity (Wildman–Crippen MR) is 161 cm³/mol. The summed E-state index contributed by atoms with van der Waals surface area (Å²) in [4.78, 5) is 53.1. The van der Waals surface area contributed by atoms with Gasteiger partial charge >= 0.3 is 23.9 Å². The topological polar surface area (TPSA) is 114 Å². The molecule has 9 heteroatoms. The summed E-state index contributed by atoms with van der Waals surface area (Å²) in [5, 5.41) is 0. The molecular formula is C36H28O9. The van der Waals surface area contributed by atoms with Crippen LogP contribution in [0.15, 0.2) is 121 Å². The van der Waals surface area contributed by atoms with E-state index in [0.717, 1.165) is 0 Å².